The number of allylic oxidation sites excluding steroid dienone is 3. The summed E-state index contributed by atoms with van der Waals surface area (Å²) in [6.45, 7) is 1.76. The van der Waals surface area contributed by atoms with E-state index in [1.165, 1.54) is 10.5 Å². The summed E-state index contributed by atoms with van der Waals surface area (Å²) in [5.74, 6) is -1.43. The fourth-order valence-corrected chi connectivity index (χ4v) is 6.86. The molecule has 1 N–H and O–H groups in total. The van der Waals surface area contributed by atoms with Crippen LogP contribution in [0.2, 0.25) is 0 Å². The van der Waals surface area contributed by atoms with E-state index >= 15 is 0 Å². The Labute approximate surface area is 239 Å². The molecule has 0 spiro atoms. The molecule has 1 aromatic heterocycles. The molecule has 4 heterocycles. The van der Waals surface area contributed by atoms with Crippen LogP contribution in [0.3, 0.4) is 0 Å². The smallest absolute Gasteiger partial charge is 0.294 e. The van der Waals surface area contributed by atoms with Crippen molar-refractivity contribution >= 4 is 33.1 Å². The van der Waals surface area contributed by atoms with Crippen LogP contribution in [0, 0.1) is 0 Å². The average molecular weight is 568 g/mol. The van der Waals surface area contributed by atoms with Gasteiger partial charge >= 0.3 is 0 Å². The van der Waals surface area contributed by atoms with Crippen molar-refractivity contribution in [2.75, 3.05) is 36.4 Å². The molecule has 3 aliphatic rings. The lowest BCUT2D eigenvalue weighted by molar-refractivity contribution is -0.137. The van der Waals surface area contributed by atoms with E-state index in [9.17, 15) is 18.0 Å². The highest BCUT2D eigenvalue weighted by atomic mass is 32.2. The molecule has 3 aliphatic heterocycles. The second-order valence-electron chi connectivity index (χ2n) is 10.0. The number of fused-ring (bicyclic) bond motifs is 1. The van der Waals surface area contributed by atoms with Gasteiger partial charge in [-0.15, -0.1) is 0 Å². The van der Waals surface area contributed by atoms with Gasteiger partial charge in [-0.25, -0.2) is 8.42 Å². The van der Waals surface area contributed by atoms with Crippen molar-refractivity contribution < 1.29 is 18.0 Å². The number of pyridine rings is 1. The number of hydrogen-bond acceptors (Lipinski definition) is 7. The van der Waals surface area contributed by atoms with Crippen LogP contribution in [0.1, 0.15) is 11.5 Å². The van der Waals surface area contributed by atoms with Gasteiger partial charge in [-0.2, -0.15) is 4.31 Å². The van der Waals surface area contributed by atoms with Crippen molar-refractivity contribution in [3.8, 4) is 0 Å². The maximum absolute atomic E-state index is 13.5. The van der Waals surface area contributed by atoms with E-state index in [2.05, 4.69) is 15.2 Å². The molecule has 2 atom stereocenters. The zero-order valence-electron chi connectivity index (χ0n) is 22.2. The van der Waals surface area contributed by atoms with Gasteiger partial charge in [0, 0.05) is 67.8 Å². The lowest BCUT2D eigenvalue weighted by atomic mass is 9.90. The Bertz CT molecular complexity index is 1630. The van der Waals surface area contributed by atoms with Crippen LogP contribution in [0.15, 0.2) is 120 Å². The largest absolute Gasteiger partial charge is 0.369 e. The van der Waals surface area contributed by atoms with E-state index in [0.29, 0.717) is 31.9 Å². The van der Waals surface area contributed by atoms with E-state index < -0.39 is 27.8 Å². The Morgan fingerprint density at radius 2 is 1.63 bits per heavy atom. The van der Waals surface area contributed by atoms with Crippen LogP contribution < -0.4 is 10.2 Å². The van der Waals surface area contributed by atoms with Gasteiger partial charge in [0.25, 0.3) is 5.91 Å². The summed E-state index contributed by atoms with van der Waals surface area (Å²) in [6, 6.07) is 19.5. The predicted molar refractivity (Wildman–Crippen MR) is 156 cm³/mol. The van der Waals surface area contributed by atoms with Gasteiger partial charge in [0.15, 0.2) is 0 Å². The summed E-state index contributed by atoms with van der Waals surface area (Å²) >= 11 is 0. The molecule has 1 fully saturated rings. The highest BCUT2D eigenvalue weighted by molar-refractivity contribution is 7.89. The second kappa shape index (κ2) is 11.1. The van der Waals surface area contributed by atoms with Crippen LogP contribution >= 0.6 is 0 Å². The van der Waals surface area contributed by atoms with Gasteiger partial charge in [0.1, 0.15) is 10.9 Å². The Morgan fingerprint density at radius 3 is 2.34 bits per heavy atom. The third-order valence-electron chi connectivity index (χ3n) is 7.59. The molecule has 2 aromatic carbocycles. The van der Waals surface area contributed by atoms with E-state index in [1.807, 2.05) is 77.9 Å². The molecule has 9 nitrogen and oxygen atoms in total. The number of carbonyl (C=O) groups excluding carboxylic acids is 2. The van der Waals surface area contributed by atoms with Crippen LogP contribution in [0.5, 0.6) is 0 Å². The monoisotopic (exact) mass is 567 g/mol. The van der Waals surface area contributed by atoms with Gasteiger partial charge in [-0.05, 0) is 54.1 Å². The van der Waals surface area contributed by atoms with Crippen molar-refractivity contribution in [3.05, 3.63) is 121 Å². The number of Topliss-reactive ketones (excluding diaryl/α,β-unsaturated/α-hetero) is 1. The number of nitrogens with one attached hydrogen (secondary N) is 1. The first-order valence-electron chi connectivity index (χ1n) is 13.4. The van der Waals surface area contributed by atoms with Crippen molar-refractivity contribution in [2.45, 2.75) is 16.9 Å². The molecule has 0 radical (unpaired) electrons. The number of aromatic nitrogens is 1. The number of carbonyl (C=O) groups is 2. The van der Waals surface area contributed by atoms with Crippen LogP contribution in [-0.2, 0) is 19.6 Å². The third kappa shape index (κ3) is 5.31. The number of benzene rings is 2. The van der Waals surface area contributed by atoms with E-state index in [1.54, 1.807) is 30.5 Å². The molecular formula is C31H29N5O4S. The Balaban J connectivity index is 1.10. The summed E-state index contributed by atoms with van der Waals surface area (Å²) in [7, 11) is -3.58. The Kier molecular flexibility index (Phi) is 7.25. The van der Waals surface area contributed by atoms with Crippen molar-refractivity contribution in [1.82, 2.24) is 14.2 Å². The van der Waals surface area contributed by atoms with Crippen molar-refractivity contribution in [1.29, 1.82) is 0 Å². The first kappa shape index (κ1) is 26.7. The minimum absolute atomic E-state index is 0.190. The molecule has 0 saturated carbocycles. The Hall–Kier alpha value is -4.54. The molecule has 2 unspecified atom stereocenters. The average Bonchev–Trinajstić information content (AvgIpc) is 3.42. The summed E-state index contributed by atoms with van der Waals surface area (Å²) in [5.41, 5.74) is 3.29. The minimum Gasteiger partial charge on any atom is -0.369 e. The number of hydrogen-bond donors (Lipinski definition) is 1. The summed E-state index contributed by atoms with van der Waals surface area (Å²) < 4.78 is 27.3. The molecule has 3 aromatic rings. The molecule has 10 heteroatoms. The number of piperazine rings is 1. The van der Waals surface area contributed by atoms with Gasteiger partial charge in [-0.3, -0.25) is 14.6 Å². The lowest BCUT2D eigenvalue weighted by Gasteiger charge is -2.35. The Morgan fingerprint density at radius 1 is 0.878 bits per heavy atom. The number of sulfonamides is 1. The topological polar surface area (TPSA) is 103 Å². The fourth-order valence-electron chi connectivity index (χ4n) is 5.47. The maximum atomic E-state index is 13.5. The van der Waals surface area contributed by atoms with Crippen LogP contribution in [0.4, 0.5) is 11.4 Å². The number of amides is 1. The lowest BCUT2D eigenvalue weighted by Crippen LogP contribution is -2.48. The SMILES string of the molecule is O=C(Nc1ccc(N2CCN(S(=O)(=O)c3cccnc3)CC2)cc1)C(=O)C1C(c2ccccc2)C=C2C=CC=CN21. The fraction of sp³-hybridized carbons (Fsp3) is 0.194. The molecular weight excluding hydrogens is 538 g/mol. The first-order valence-corrected chi connectivity index (χ1v) is 14.9. The van der Waals surface area contributed by atoms with E-state index in [-0.39, 0.29) is 10.8 Å². The van der Waals surface area contributed by atoms with Gasteiger partial charge in [0.05, 0.1) is 0 Å². The van der Waals surface area contributed by atoms with Crippen LogP contribution in [-0.4, -0.2) is 66.5 Å². The summed E-state index contributed by atoms with van der Waals surface area (Å²) in [6.07, 6.45) is 12.5. The van der Waals surface area contributed by atoms with Gasteiger partial charge < -0.3 is 15.1 Å². The maximum Gasteiger partial charge on any atom is 0.294 e. The number of anilines is 2. The van der Waals surface area contributed by atoms with Crippen molar-refractivity contribution in [2.24, 2.45) is 0 Å². The van der Waals surface area contributed by atoms with Crippen molar-refractivity contribution in [3.63, 3.8) is 0 Å². The quantitative estimate of drug-likeness (QED) is 0.436. The molecule has 6 rings (SSSR count). The highest BCUT2D eigenvalue weighted by Crippen LogP contribution is 2.37. The molecule has 41 heavy (non-hydrogen) atoms. The molecule has 1 amide bonds. The van der Waals surface area contributed by atoms with E-state index in [0.717, 1.165) is 16.9 Å². The molecule has 0 aliphatic carbocycles. The highest BCUT2D eigenvalue weighted by Gasteiger charge is 2.41. The van der Waals surface area contributed by atoms with Gasteiger partial charge in [-0.1, -0.05) is 42.5 Å². The first-order chi connectivity index (χ1) is 19.9. The van der Waals surface area contributed by atoms with E-state index in [4.69, 9.17) is 0 Å². The minimum atomic E-state index is -3.58. The molecule has 1 saturated heterocycles. The summed E-state index contributed by atoms with van der Waals surface area (Å²) in [5, 5.41) is 2.77. The molecule has 208 valence electrons. The van der Waals surface area contributed by atoms with Gasteiger partial charge in [0.2, 0.25) is 15.8 Å². The number of nitrogens with zero attached hydrogens (tertiary/aromatic N) is 4. The zero-order chi connectivity index (χ0) is 28.4. The zero-order valence-corrected chi connectivity index (χ0v) is 23.0. The second-order valence-corrected chi connectivity index (χ2v) is 12.0. The van der Waals surface area contributed by atoms with Crippen LogP contribution in [0.25, 0.3) is 0 Å². The number of rotatable bonds is 7. The standard InChI is InChI=1S/C31H29N5O4S/c37-30(29-28(23-7-2-1-3-8-23)21-26-9-4-5-16-36(26)29)31(38)33-24-11-13-25(14-12-24)34-17-19-35(20-18-34)41(39,40)27-10-6-15-32-22-27/h1-16,21-22,28-29H,17-20H2,(H,33,38). The third-order valence-corrected chi connectivity index (χ3v) is 9.47. The molecule has 0 bridgehead atoms. The normalized spacial score (nSPS) is 20.4. The number of ketones is 1. The predicted octanol–water partition coefficient (Wildman–Crippen LogP) is 3.54. The summed E-state index contributed by atoms with van der Waals surface area (Å²) in [4.78, 5) is 34.7.